The monoisotopic (exact) mass is 271 g/mol. The Bertz CT molecular complexity index is 459. The summed E-state index contributed by atoms with van der Waals surface area (Å²) in [4.78, 5) is 0. The molecule has 1 unspecified atom stereocenters. The summed E-state index contributed by atoms with van der Waals surface area (Å²) in [5, 5.41) is 3.82. The van der Waals surface area contributed by atoms with E-state index in [4.69, 9.17) is 16.3 Å². The Hall–Kier alpha value is -0.800. The van der Waals surface area contributed by atoms with E-state index >= 15 is 0 Å². The topological polar surface area (TPSA) is 21.3 Å². The first kappa shape index (κ1) is 13.6. The lowest BCUT2D eigenvalue weighted by molar-refractivity contribution is -0.0662. The van der Waals surface area contributed by atoms with Crippen molar-refractivity contribution in [1.82, 2.24) is 0 Å². The molecule has 1 atom stereocenters. The maximum absolute atomic E-state index is 13.2. The van der Waals surface area contributed by atoms with E-state index < -0.39 is 0 Å². The largest absolute Gasteiger partial charge is 0.378 e. The van der Waals surface area contributed by atoms with E-state index in [9.17, 15) is 4.39 Å². The van der Waals surface area contributed by atoms with Crippen molar-refractivity contribution in [3.63, 3.8) is 0 Å². The molecule has 1 heterocycles. The van der Waals surface area contributed by atoms with E-state index in [0.29, 0.717) is 10.7 Å². The number of hydrogen-bond donors (Lipinski definition) is 1. The van der Waals surface area contributed by atoms with E-state index in [0.717, 1.165) is 6.42 Å². The van der Waals surface area contributed by atoms with Gasteiger partial charge in [0.1, 0.15) is 5.82 Å². The summed E-state index contributed by atoms with van der Waals surface area (Å²) in [6.07, 6.45) is 0.854. The molecule has 1 fully saturated rings. The summed E-state index contributed by atoms with van der Waals surface area (Å²) in [6.45, 7) is 8.19. The molecule has 100 valence electrons. The minimum Gasteiger partial charge on any atom is -0.378 e. The van der Waals surface area contributed by atoms with Crippen LogP contribution in [0.2, 0.25) is 5.02 Å². The van der Waals surface area contributed by atoms with Gasteiger partial charge < -0.3 is 10.1 Å². The molecule has 0 saturated carbocycles. The Balaban J connectivity index is 2.21. The molecule has 0 radical (unpaired) electrons. The van der Waals surface area contributed by atoms with Gasteiger partial charge in [0.25, 0.3) is 0 Å². The van der Waals surface area contributed by atoms with Gasteiger partial charge in [-0.05, 0) is 52.3 Å². The van der Waals surface area contributed by atoms with Crippen LogP contribution in [-0.4, -0.2) is 17.2 Å². The molecule has 18 heavy (non-hydrogen) atoms. The van der Waals surface area contributed by atoms with Crippen molar-refractivity contribution >= 4 is 17.3 Å². The molecular formula is C14H19ClFNO. The standard InChI is InChI=1S/C14H19ClFNO/c1-13(2)8-12(14(3,4)18-13)17-11-7-9(16)5-6-10(11)15/h5-7,12,17H,8H2,1-4H3. The quantitative estimate of drug-likeness (QED) is 0.869. The van der Waals surface area contributed by atoms with Crippen LogP contribution in [0.5, 0.6) is 0 Å². The number of hydrogen-bond acceptors (Lipinski definition) is 2. The molecule has 1 aromatic carbocycles. The van der Waals surface area contributed by atoms with Crippen molar-refractivity contribution in [2.45, 2.75) is 51.4 Å². The molecule has 1 saturated heterocycles. The first-order valence-corrected chi connectivity index (χ1v) is 6.49. The summed E-state index contributed by atoms with van der Waals surface area (Å²) in [7, 11) is 0. The number of halogens is 2. The Morgan fingerprint density at radius 1 is 1.33 bits per heavy atom. The molecule has 1 aliphatic rings. The number of benzene rings is 1. The Kier molecular flexibility index (Phi) is 3.32. The summed E-state index contributed by atoms with van der Waals surface area (Å²) < 4.78 is 19.2. The van der Waals surface area contributed by atoms with Crippen LogP contribution < -0.4 is 5.32 Å². The maximum Gasteiger partial charge on any atom is 0.125 e. The zero-order valence-corrected chi connectivity index (χ0v) is 11.9. The highest BCUT2D eigenvalue weighted by Crippen LogP contribution is 2.39. The average molecular weight is 272 g/mol. The highest BCUT2D eigenvalue weighted by atomic mass is 35.5. The van der Waals surface area contributed by atoms with E-state index in [1.54, 1.807) is 6.07 Å². The van der Waals surface area contributed by atoms with Crippen LogP contribution in [0.3, 0.4) is 0 Å². The molecule has 1 aromatic rings. The Labute approximate surface area is 112 Å². The number of nitrogens with one attached hydrogen (secondary N) is 1. The van der Waals surface area contributed by atoms with E-state index in [2.05, 4.69) is 19.2 Å². The van der Waals surface area contributed by atoms with Gasteiger partial charge in [0.15, 0.2) is 0 Å². The van der Waals surface area contributed by atoms with Gasteiger partial charge >= 0.3 is 0 Å². The van der Waals surface area contributed by atoms with Crippen LogP contribution in [0.15, 0.2) is 18.2 Å². The average Bonchev–Trinajstić information content (AvgIpc) is 2.40. The van der Waals surface area contributed by atoms with Crippen LogP contribution in [0.4, 0.5) is 10.1 Å². The van der Waals surface area contributed by atoms with Gasteiger partial charge in [-0.1, -0.05) is 11.6 Å². The zero-order valence-electron chi connectivity index (χ0n) is 11.2. The number of ether oxygens (including phenoxy) is 1. The van der Waals surface area contributed by atoms with Crippen molar-refractivity contribution < 1.29 is 9.13 Å². The second-order valence-corrected chi connectivity index (χ2v) is 6.40. The summed E-state index contributed by atoms with van der Waals surface area (Å²) >= 11 is 6.07. The van der Waals surface area contributed by atoms with E-state index in [1.807, 2.05) is 13.8 Å². The molecule has 0 aromatic heterocycles. The third-order valence-electron chi connectivity index (χ3n) is 3.33. The molecule has 4 heteroatoms. The number of anilines is 1. The van der Waals surface area contributed by atoms with Crippen molar-refractivity contribution in [3.05, 3.63) is 29.0 Å². The predicted octanol–water partition coefficient (Wildman–Crippen LogP) is 4.24. The van der Waals surface area contributed by atoms with Gasteiger partial charge in [0, 0.05) is 0 Å². The van der Waals surface area contributed by atoms with Gasteiger partial charge in [-0.15, -0.1) is 0 Å². The Morgan fingerprint density at radius 3 is 2.56 bits per heavy atom. The third-order valence-corrected chi connectivity index (χ3v) is 3.66. The fraction of sp³-hybridized carbons (Fsp3) is 0.571. The lowest BCUT2D eigenvalue weighted by atomic mass is 9.94. The molecule has 1 aliphatic heterocycles. The molecule has 2 nitrogen and oxygen atoms in total. The van der Waals surface area contributed by atoms with Crippen LogP contribution in [-0.2, 0) is 4.74 Å². The highest BCUT2D eigenvalue weighted by molar-refractivity contribution is 6.33. The predicted molar refractivity (Wildman–Crippen MR) is 72.7 cm³/mol. The van der Waals surface area contributed by atoms with E-state index in [-0.39, 0.29) is 23.1 Å². The summed E-state index contributed by atoms with van der Waals surface area (Å²) in [5.74, 6) is -0.294. The molecular weight excluding hydrogens is 253 g/mol. The fourth-order valence-electron chi connectivity index (χ4n) is 2.58. The minimum atomic E-state index is -0.306. The fourth-order valence-corrected chi connectivity index (χ4v) is 2.76. The van der Waals surface area contributed by atoms with Crippen molar-refractivity contribution in [2.24, 2.45) is 0 Å². The normalized spacial score (nSPS) is 25.1. The summed E-state index contributed by atoms with van der Waals surface area (Å²) in [5.41, 5.74) is 0.135. The second-order valence-electron chi connectivity index (χ2n) is 5.99. The first-order chi connectivity index (χ1) is 8.20. The minimum absolute atomic E-state index is 0.104. The molecule has 0 spiro atoms. The smallest absolute Gasteiger partial charge is 0.125 e. The van der Waals surface area contributed by atoms with Gasteiger partial charge in [-0.3, -0.25) is 0 Å². The molecule has 0 bridgehead atoms. The maximum atomic E-state index is 13.2. The molecule has 2 rings (SSSR count). The third kappa shape index (κ3) is 2.78. The van der Waals surface area contributed by atoms with Crippen LogP contribution in [0.25, 0.3) is 0 Å². The van der Waals surface area contributed by atoms with Crippen LogP contribution >= 0.6 is 11.6 Å². The zero-order chi connectivity index (χ0) is 13.6. The lowest BCUT2D eigenvalue weighted by Gasteiger charge is -2.28. The van der Waals surface area contributed by atoms with E-state index in [1.165, 1.54) is 12.1 Å². The molecule has 0 aliphatic carbocycles. The van der Waals surface area contributed by atoms with Gasteiger partial charge in [0.05, 0.1) is 28.0 Å². The van der Waals surface area contributed by atoms with Crippen molar-refractivity contribution in [3.8, 4) is 0 Å². The van der Waals surface area contributed by atoms with Crippen LogP contribution in [0.1, 0.15) is 34.1 Å². The van der Waals surface area contributed by atoms with Gasteiger partial charge in [-0.2, -0.15) is 0 Å². The second kappa shape index (κ2) is 4.39. The van der Waals surface area contributed by atoms with Gasteiger partial charge in [-0.25, -0.2) is 4.39 Å². The SMILES string of the molecule is CC1(C)CC(Nc2cc(F)ccc2Cl)C(C)(C)O1. The lowest BCUT2D eigenvalue weighted by Crippen LogP contribution is -2.38. The van der Waals surface area contributed by atoms with Crippen LogP contribution in [0, 0.1) is 5.82 Å². The molecule has 0 amide bonds. The first-order valence-electron chi connectivity index (χ1n) is 6.11. The van der Waals surface area contributed by atoms with Crippen molar-refractivity contribution in [1.29, 1.82) is 0 Å². The highest BCUT2D eigenvalue weighted by Gasteiger charge is 2.45. The van der Waals surface area contributed by atoms with Crippen molar-refractivity contribution in [2.75, 3.05) is 5.32 Å². The number of rotatable bonds is 2. The molecule has 1 N–H and O–H groups in total. The van der Waals surface area contributed by atoms with Gasteiger partial charge in [0.2, 0.25) is 0 Å². The summed E-state index contributed by atoms with van der Waals surface area (Å²) in [6, 6.07) is 4.44. The Morgan fingerprint density at radius 2 is 2.00 bits per heavy atom.